The first kappa shape index (κ1) is 9.71. The molecule has 0 spiro atoms. The third-order valence-electron chi connectivity index (χ3n) is 2.13. The highest BCUT2D eigenvalue weighted by Gasteiger charge is 1.95. The van der Waals surface area contributed by atoms with Gasteiger partial charge in [0.05, 0.1) is 5.69 Å². The average Bonchev–Trinajstić information content (AvgIpc) is 2.30. The van der Waals surface area contributed by atoms with Gasteiger partial charge < -0.3 is 4.74 Å². The largest absolute Gasteiger partial charge is 0.487 e. The van der Waals surface area contributed by atoms with E-state index in [9.17, 15) is 0 Å². The summed E-state index contributed by atoms with van der Waals surface area (Å²) in [6.07, 6.45) is 1.77. The van der Waals surface area contributed by atoms with Gasteiger partial charge in [-0.05, 0) is 31.2 Å². The van der Waals surface area contributed by atoms with Crippen LogP contribution in [0.2, 0.25) is 0 Å². The number of ether oxygens (including phenoxy) is 1. The monoisotopic (exact) mass is 199 g/mol. The van der Waals surface area contributed by atoms with Crippen LogP contribution >= 0.6 is 0 Å². The predicted molar refractivity (Wildman–Crippen MR) is 59.7 cm³/mol. The summed E-state index contributed by atoms with van der Waals surface area (Å²) < 4.78 is 5.58. The third kappa shape index (κ3) is 2.81. The van der Waals surface area contributed by atoms with E-state index < -0.39 is 0 Å². The van der Waals surface area contributed by atoms with E-state index >= 15 is 0 Å². The molecule has 2 aromatic rings. The maximum Gasteiger partial charge on any atom is 0.130 e. The van der Waals surface area contributed by atoms with Gasteiger partial charge in [0, 0.05) is 6.20 Å². The maximum absolute atomic E-state index is 5.58. The van der Waals surface area contributed by atoms with Crippen molar-refractivity contribution >= 4 is 0 Å². The first-order chi connectivity index (χ1) is 7.34. The Morgan fingerprint density at radius 3 is 2.53 bits per heavy atom. The number of aryl methyl sites for hydroxylation is 1. The summed E-state index contributed by atoms with van der Waals surface area (Å²) >= 11 is 0. The van der Waals surface area contributed by atoms with Crippen molar-refractivity contribution in [2.24, 2.45) is 0 Å². The molecule has 2 heteroatoms. The Bertz CT molecular complexity index is 408. The average molecular weight is 199 g/mol. The van der Waals surface area contributed by atoms with Gasteiger partial charge in [-0.3, -0.25) is 4.98 Å². The molecule has 0 amide bonds. The molecule has 0 aliphatic heterocycles. The number of aromatic nitrogens is 1. The second kappa shape index (κ2) is 4.60. The molecular weight excluding hydrogens is 186 g/mol. The van der Waals surface area contributed by atoms with Gasteiger partial charge in [0.2, 0.25) is 0 Å². The van der Waals surface area contributed by atoms with Crippen LogP contribution in [-0.2, 0) is 6.61 Å². The van der Waals surface area contributed by atoms with Gasteiger partial charge >= 0.3 is 0 Å². The molecule has 76 valence electrons. The van der Waals surface area contributed by atoms with E-state index in [4.69, 9.17) is 4.74 Å². The number of rotatable bonds is 3. The van der Waals surface area contributed by atoms with Gasteiger partial charge in [-0.2, -0.15) is 0 Å². The van der Waals surface area contributed by atoms with Crippen molar-refractivity contribution in [1.29, 1.82) is 0 Å². The Labute approximate surface area is 89.6 Å². The number of hydrogen-bond acceptors (Lipinski definition) is 2. The van der Waals surface area contributed by atoms with Crippen molar-refractivity contribution in [1.82, 2.24) is 4.98 Å². The topological polar surface area (TPSA) is 22.1 Å². The highest BCUT2D eigenvalue weighted by molar-refractivity contribution is 5.26. The van der Waals surface area contributed by atoms with E-state index in [0.29, 0.717) is 6.61 Å². The minimum Gasteiger partial charge on any atom is -0.487 e. The van der Waals surface area contributed by atoms with Crippen LogP contribution in [0.5, 0.6) is 5.75 Å². The molecule has 1 aromatic heterocycles. The molecule has 1 heterocycles. The summed E-state index contributed by atoms with van der Waals surface area (Å²) in [6, 6.07) is 13.8. The van der Waals surface area contributed by atoms with Gasteiger partial charge in [-0.25, -0.2) is 0 Å². The second-order valence-corrected chi connectivity index (χ2v) is 3.42. The van der Waals surface area contributed by atoms with Crippen molar-refractivity contribution in [3.8, 4) is 5.75 Å². The molecule has 0 aliphatic carbocycles. The normalized spacial score (nSPS) is 9.93. The quantitative estimate of drug-likeness (QED) is 0.758. The lowest BCUT2D eigenvalue weighted by Crippen LogP contribution is -1.97. The Balaban J connectivity index is 1.96. The van der Waals surface area contributed by atoms with Crippen LogP contribution in [-0.4, -0.2) is 4.98 Å². The van der Waals surface area contributed by atoms with Crippen LogP contribution < -0.4 is 4.74 Å². The van der Waals surface area contributed by atoms with E-state index in [1.165, 1.54) is 5.56 Å². The number of pyridine rings is 1. The zero-order valence-corrected chi connectivity index (χ0v) is 8.68. The van der Waals surface area contributed by atoms with Gasteiger partial charge in [0.25, 0.3) is 0 Å². The molecule has 0 unspecified atom stereocenters. The molecule has 0 atom stereocenters. The predicted octanol–water partition coefficient (Wildman–Crippen LogP) is 2.97. The van der Waals surface area contributed by atoms with Crippen molar-refractivity contribution in [3.63, 3.8) is 0 Å². The van der Waals surface area contributed by atoms with Crippen LogP contribution in [0.15, 0.2) is 48.7 Å². The van der Waals surface area contributed by atoms with Crippen LogP contribution in [0, 0.1) is 6.92 Å². The summed E-state index contributed by atoms with van der Waals surface area (Å²) in [5, 5.41) is 0. The molecule has 2 rings (SSSR count). The van der Waals surface area contributed by atoms with Crippen molar-refractivity contribution < 1.29 is 4.74 Å². The fraction of sp³-hybridized carbons (Fsp3) is 0.154. The van der Waals surface area contributed by atoms with Gasteiger partial charge in [-0.15, -0.1) is 0 Å². The molecule has 0 aliphatic rings. The molecule has 15 heavy (non-hydrogen) atoms. The molecule has 1 aromatic carbocycles. The van der Waals surface area contributed by atoms with Crippen molar-refractivity contribution in [2.45, 2.75) is 13.5 Å². The minimum absolute atomic E-state index is 0.518. The highest BCUT2D eigenvalue weighted by atomic mass is 16.5. The van der Waals surface area contributed by atoms with E-state index in [1.807, 2.05) is 42.5 Å². The van der Waals surface area contributed by atoms with Crippen LogP contribution in [0.4, 0.5) is 0 Å². The SMILES string of the molecule is Cc1ccc(OCc2ccccn2)cc1. The lowest BCUT2D eigenvalue weighted by atomic mass is 10.2. The number of benzene rings is 1. The van der Waals surface area contributed by atoms with Crippen LogP contribution in [0.25, 0.3) is 0 Å². The molecule has 2 nitrogen and oxygen atoms in total. The number of hydrogen-bond donors (Lipinski definition) is 0. The fourth-order valence-electron chi connectivity index (χ4n) is 1.28. The molecule has 0 fully saturated rings. The Morgan fingerprint density at radius 1 is 1.07 bits per heavy atom. The second-order valence-electron chi connectivity index (χ2n) is 3.42. The Kier molecular flexibility index (Phi) is 2.98. The number of nitrogens with zero attached hydrogens (tertiary/aromatic N) is 1. The Morgan fingerprint density at radius 2 is 1.87 bits per heavy atom. The van der Waals surface area contributed by atoms with E-state index in [2.05, 4.69) is 11.9 Å². The van der Waals surface area contributed by atoms with E-state index in [-0.39, 0.29) is 0 Å². The first-order valence-corrected chi connectivity index (χ1v) is 4.94. The fourth-order valence-corrected chi connectivity index (χ4v) is 1.28. The zero-order valence-electron chi connectivity index (χ0n) is 8.68. The summed E-state index contributed by atoms with van der Waals surface area (Å²) in [7, 11) is 0. The summed E-state index contributed by atoms with van der Waals surface area (Å²) in [5.74, 6) is 0.881. The molecule has 0 saturated carbocycles. The standard InChI is InChI=1S/C13H13NO/c1-11-5-7-13(8-6-11)15-10-12-4-2-3-9-14-12/h2-9H,10H2,1H3. The molecular formula is C13H13NO. The lowest BCUT2D eigenvalue weighted by Gasteiger charge is -2.05. The van der Waals surface area contributed by atoms with Crippen LogP contribution in [0.3, 0.4) is 0 Å². The van der Waals surface area contributed by atoms with Gasteiger partial charge in [0.1, 0.15) is 12.4 Å². The summed E-state index contributed by atoms with van der Waals surface area (Å²) in [4.78, 5) is 4.19. The van der Waals surface area contributed by atoms with Crippen LogP contribution in [0.1, 0.15) is 11.3 Å². The van der Waals surface area contributed by atoms with Gasteiger partial charge in [0.15, 0.2) is 0 Å². The molecule has 0 N–H and O–H groups in total. The third-order valence-corrected chi connectivity index (χ3v) is 2.13. The van der Waals surface area contributed by atoms with E-state index in [1.54, 1.807) is 6.20 Å². The lowest BCUT2D eigenvalue weighted by molar-refractivity contribution is 0.301. The first-order valence-electron chi connectivity index (χ1n) is 4.94. The smallest absolute Gasteiger partial charge is 0.130 e. The molecule has 0 radical (unpaired) electrons. The summed E-state index contributed by atoms with van der Waals surface area (Å²) in [6.45, 7) is 2.58. The molecule has 0 bridgehead atoms. The molecule has 0 saturated heterocycles. The Hall–Kier alpha value is -1.83. The zero-order chi connectivity index (χ0) is 10.5. The van der Waals surface area contributed by atoms with Crippen molar-refractivity contribution in [2.75, 3.05) is 0 Å². The van der Waals surface area contributed by atoms with Gasteiger partial charge in [-0.1, -0.05) is 23.8 Å². The van der Waals surface area contributed by atoms with E-state index in [0.717, 1.165) is 11.4 Å². The van der Waals surface area contributed by atoms with Crippen molar-refractivity contribution in [3.05, 3.63) is 59.9 Å². The highest BCUT2D eigenvalue weighted by Crippen LogP contribution is 2.12. The minimum atomic E-state index is 0.518. The maximum atomic E-state index is 5.58. The summed E-state index contributed by atoms with van der Waals surface area (Å²) in [5.41, 5.74) is 2.18.